The number of hydrogen-bond acceptors (Lipinski definition) is 3. The largest absolute Gasteiger partial charge is 0.366 e. The van der Waals surface area contributed by atoms with E-state index in [0.29, 0.717) is 5.92 Å². The highest BCUT2D eigenvalue weighted by Crippen LogP contribution is 2.45. The summed E-state index contributed by atoms with van der Waals surface area (Å²) in [6.07, 6.45) is 4.08. The van der Waals surface area contributed by atoms with Crippen LogP contribution in [0.5, 0.6) is 0 Å². The molecule has 1 aliphatic rings. The molecule has 1 aliphatic heterocycles. The van der Waals surface area contributed by atoms with Crippen LogP contribution >= 0.6 is 11.6 Å². The third kappa shape index (κ3) is 3.88. The van der Waals surface area contributed by atoms with E-state index in [9.17, 15) is 0 Å². The highest BCUT2D eigenvalue weighted by atomic mass is 35.5. The van der Waals surface area contributed by atoms with Crippen LogP contribution in [0.15, 0.2) is 47.6 Å². The van der Waals surface area contributed by atoms with E-state index >= 15 is 0 Å². The van der Waals surface area contributed by atoms with Gasteiger partial charge in [0.05, 0.1) is 16.9 Å². The van der Waals surface area contributed by atoms with Gasteiger partial charge in [-0.15, -0.1) is 0 Å². The van der Waals surface area contributed by atoms with Crippen LogP contribution < -0.4 is 10.3 Å². The molecule has 26 heavy (non-hydrogen) atoms. The monoisotopic (exact) mass is 369 g/mol. The lowest BCUT2D eigenvalue weighted by Crippen LogP contribution is -2.48. The molecule has 4 heteroatoms. The fourth-order valence-electron chi connectivity index (χ4n) is 3.96. The van der Waals surface area contributed by atoms with E-state index in [-0.39, 0.29) is 5.54 Å². The molecule has 0 aromatic heterocycles. The Hall–Kier alpha value is -2.00. The number of rotatable bonds is 5. The standard InChI is InChI=1S/C22H28ClN3/c1-5-11-26-21-13-20(23)17(12-19(21)16(2)14-22(26,3)4)15-24-25-18-9-7-6-8-10-18/h6-10,12-13,15-16,25H,5,11,14H2,1-4H3/b24-15-. The van der Waals surface area contributed by atoms with Crippen LogP contribution in [0.25, 0.3) is 0 Å². The molecule has 0 bridgehead atoms. The smallest absolute Gasteiger partial charge is 0.0561 e. The Kier molecular flexibility index (Phi) is 5.57. The number of nitrogens with one attached hydrogen (secondary N) is 1. The molecule has 2 aromatic rings. The van der Waals surface area contributed by atoms with Gasteiger partial charge in [0.2, 0.25) is 0 Å². The zero-order valence-electron chi connectivity index (χ0n) is 16.1. The van der Waals surface area contributed by atoms with Crippen molar-refractivity contribution >= 4 is 29.2 Å². The van der Waals surface area contributed by atoms with E-state index in [0.717, 1.165) is 35.7 Å². The highest BCUT2D eigenvalue weighted by Gasteiger charge is 2.36. The summed E-state index contributed by atoms with van der Waals surface area (Å²) >= 11 is 6.60. The van der Waals surface area contributed by atoms with Crippen molar-refractivity contribution in [3.63, 3.8) is 0 Å². The number of fused-ring (bicyclic) bond motifs is 1. The molecule has 0 spiro atoms. The predicted octanol–water partition coefficient (Wildman–Crippen LogP) is 6.29. The van der Waals surface area contributed by atoms with Crippen molar-refractivity contribution in [2.45, 2.75) is 52.0 Å². The fraction of sp³-hybridized carbons (Fsp3) is 0.409. The quantitative estimate of drug-likeness (QED) is 0.495. The van der Waals surface area contributed by atoms with Crippen LogP contribution in [-0.4, -0.2) is 18.3 Å². The van der Waals surface area contributed by atoms with Gasteiger partial charge in [-0.05, 0) is 62.4 Å². The Morgan fingerprint density at radius 2 is 2.00 bits per heavy atom. The second kappa shape index (κ2) is 7.71. The van der Waals surface area contributed by atoms with Crippen molar-refractivity contribution in [1.29, 1.82) is 0 Å². The number of hydrazone groups is 1. The van der Waals surface area contributed by atoms with E-state index in [1.165, 1.54) is 11.3 Å². The van der Waals surface area contributed by atoms with Gasteiger partial charge >= 0.3 is 0 Å². The first-order valence-corrected chi connectivity index (χ1v) is 9.75. The van der Waals surface area contributed by atoms with Gasteiger partial charge in [0.25, 0.3) is 0 Å². The molecular formula is C22H28ClN3. The maximum absolute atomic E-state index is 6.60. The van der Waals surface area contributed by atoms with Gasteiger partial charge in [-0.25, -0.2) is 0 Å². The normalized spacial score (nSPS) is 18.8. The molecule has 0 saturated carbocycles. The summed E-state index contributed by atoms with van der Waals surface area (Å²) in [4.78, 5) is 2.51. The fourth-order valence-corrected chi connectivity index (χ4v) is 4.16. The predicted molar refractivity (Wildman–Crippen MR) is 114 cm³/mol. The number of benzene rings is 2. The molecule has 0 amide bonds. The van der Waals surface area contributed by atoms with Crippen LogP contribution in [0, 0.1) is 0 Å². The van der Waals surface area contributed by atoms with Crippen LogP contribution in [-0.2, 0) is 0 Å². The molecule has 1 atom stereocenters. The Bertz CT molecular complexity index is 783. The van der Waals surface area contributed by atoms with Gasteiger partial charge in [0, 0.05) is 23.3 Å². The first-order valence-electron chi connectivity index (χ1n) is 9.37. The first kappa shape index (κ1) is 18.8. The maximum Gasteiger partial charge on any atom is 0.0561 e. The molecule has 0 aliphatic carbocycles. The summed E-state index contributed by atoms with van der Waals surface area (Å²) in [5.41, 5.74) is 7.76. The second-order valence-corrected chi connectivity index (χ2v) is 8.15. The highest BCUT2D eigenvalue weighted by molar-refractivity contribution is 6.33. The minimum atomic E-state index is 0.149. The summed E-state index contributed by atoms with van der Waals surface area (Å²) in [6, 6.07) is 14.2. The summed E-state index contributed by atoms with van der Waals surface area (Å²) < 4.78 is 0. The van der Waals surface area contributed by atoms with E-state index < -0.39 is 0 Å². The van der Waals surface area contributed by atoms with Crippen LogP contribution in [0.1, 0.15) is 57.6 Å². The van der Waals surface area contributed by atoms with Crippen molar-refractivity contribution < 1.29 is 0 Å². The van der Waals surface area contributed by atoms with E-state index in [1.54, 1.807) is 0 Å². The van der Waals surface area contributed by atoms with Crippen molar-refractivity contribution in [2.75, 3.05) is 16.9 Å². The molecule has 0 radical (unpaired) electrons. The SMILES string of the molecule is CCCN1c2cc(Cl)c(/C=N\Nc3ccccc3)cc2C(C)CC1(C)C. The van der Waals surface area contributed by atoms with Gasteiger partial charge in [-0.3, -0.25) is 5.43 Å². The van der Waals surface area contributed by atoms with Gasteiger partial charge < -0.3 is 4.90 Å². The average molecular weight is 370 g/mol. The summed E-state index contributed by atoms with van der Waals surface area (Å²) in [5, 5.41) is 5.10. The average Bonchev–Trinajstić information content (AvgIpc) is 2.60. The molecule has 2 aromatic carbocycles. The minimum absolute atomic E-state index is 0.149. The van der Waals surface area contributed by atoms with Crippen molar-refractivity contribution in [3.05, 3.63) is 58.6 Å². The van der Waals surface area contributed by atoms with Crippen LogP contribution in [0.2, 0.25) is 5.02 Å². The van der Waals surface area contributed by atoms with Crippen molar-refractivity contribution in [2.24, 2.45) is 5.10 Å². The van der Waals surface area contributed by atoms with Crippen LogP contribution in [0.4, 0.5) is 11.4 Å². The minimum Gasteiger partial charge on any atom is -0.366 e. The Morgan fingerprint density at radius 1 is 1.27 bits per heavy atom. The third-order valence-corrected chi connectivity index (χ3v) is 5.45. The van der Waals surface area contributed by atoms with Crippen molar-refractivity contribution in [3.8, 4) is 0 Å². The van der Waals surface area contributed by atoms with Crippen molar-refractivity contribution in [1.82, 2.24) is 0 Å². The number of para-hydroxylation sites is 1. The molecular weight excluding hydrogens is 342 g/mol. The summed E-state index contributed by atoms with van der Waals surface area (Å²) in [6.45, 7) is 10.2. The second-order valence-electron chi connectivity index (χ2n) is 7.74. The molecule has 3 rings (SSSR count). The van der Waals surface area contributed by atoms with E-state index in [4.69, 9.17) is 11.6 Å². The molecule has 1 unspecified atom stereocenters. The zero-order valence-corrected chi connectivity index (χ0v) is 16.8. The van der Waals surface area contributed by atoms with Gasteiger partial charge in [-0.1, -0.05) is 43.6 Å². The lowest BCUT2D eigenvalue weighted by atomic mass is 9.79. The first-order chi connectivity index (χ1) is 12.4. The number of hydrogen-bond donors (Lipinski definition) is 1. The zero-order chi connectivity index (χ0) is 18.7. The Morgan fingerprint density at radius 3 is 2.69 bits per heavy atom. The Balaban J connectivity index is 1.90. The summed E-state index contributed by atoms with van der Waals surface area (Å²) in [5.74, 6) is 0.500. The summed E-state index contributed by atoms with van der Waals surface area (Å²) in [7, 11) is 0. The number of nitrogens with zero attached hydrogens (tertiary/aromatic N) is 2. The molecule has 1 N–H and O–H groups in total. The topological polar surface area (TPSA) is 27.6 Å². The molecule has 0 saturated heterocycles. The molecule has 0 fully saturated rings. The Labute approximate surface area is 162 Å². The maximum atomic E-state index is 6.60. The van der Waals surface area contributed by atoms with E-state index in [2.05, 4.69) is 55.3 Å². The lowest BCUT2D eigenvalue weighted by Gasteiger charge is -2.47. The van der Waals surface area contributed by atoms with E-state index in [1.807, 2.05) is 36.5 Å². The van der Waals surface area contributed by atoms with Gasteiger partial charge in [-0.2, -0.15) is 5.10 Å². The molecule has 3 nitrogen and oxygen atoms in total. The number of anilines is 2. The third-order valence-electron chi connectivity index (χ3n) is 5.12. The van der Waals surface area contributed by atoms with Crippen LogP contribution in [0.3, 0.4) is 0 Å². The number of halogens is 1. The molecule has 138 valence electrons. The lowest BCUT2D eigenvalue weighted by molar-refractivity contribution is 0.376. The molecule has 1 heterocycles. The van der Waals surface area contributed by atoms with Gasteiger partial charge in [0.1, 0.15) is 0 Å². The van der Waals surface area contributed by atoms with Gasteiger partial charge in [0.15, 0.2) is 0 Å².